The van der Waals surface area contributed by atoms with E-state index in [-0.39, 0.29) is 5.56 Å². The fourth-order valence-corrected chi connectivity index (χ4v) is 2.16. The molecule has 2 N–H and O–H groups in total. The number of benzene rings is 1. The third-order valence-electron chi connectivity index (χ3n) is 3.00. The Kier molecular flexibility index (Phi) is 4.70. The SMILES string of the molecule is CCCC(O)(CCC)c1ccc(C(=O)O)cc1. The van der Waals surface area contributed by atoms with Gasteiger partial charge in [0.05, 0.1) is 11.2 Å². The number of hydrogen-bond donors (Lipinski definition) is 2. The molecule has 0 aliphatic carbocycles. The molecule has 0 saturated heterocycles. The van der Waals surface area contributed by atoms with Gasteiger partial charge in [-0.05, 0) is 30.5 Å². The molecule has 0 amide bonds. The molecule has 1 aromatic rings. The summed E-state index contributed by atoms with van der Waals surface area (Å²) in [5.74, 6) is -0.939. The molecule has 1 rings (SSSR count). The lowest BCUT2D eigenvalue weighted by atomic mass is 9.85. The summed E-state index contributed by atoms with van der Waals surface area (Å²) in [5, 5.41) is 19.4. The van der Waals surface area contributed by atoms with Gasteiger partial charge in [0.1, 0.15) is 0 Å². The quantitative estimate of drug-likeness (QED) is 0.797. The van der Waals surface area contributed by atoms with E-state index in [1.54, 1.807) is 24.3 Å². The fraction of sp³-hybridized carbons (Fsp3) is 0.500. The third-order valence-corrected chi connectivity index (χ3v) is 3.00. The Hall–Kier alpha value is -1.35. The Labute approximate surface area is 102 Å². The summed E-state index contributed by atoms with van der Waals surface area (Å²) >= 11 is 0. The Morgan fingerprint density at radius 3 is 1.94 bits per heavy atom. The standard InChI is InChI=1S/C14H20O3/c1-3-9-14(17,10-4-2)12-7-5-11(6-8-12)13(15)16/h5-8,17H,3-4,9-10H2,1-2H3,(H,15,16). The number of aliphatic hydroxyl groups is 1. The van der Waals surface area contributed by atoms with Gasteiger partial charge in [-0.1, -0.05) is 38.8 Å². The smallest absolute Gasteiger partial charge is 0.335 e. The van der Waals surface area contributed by atoms with E-state index in [4.69, 9.17) is 5.11 Å². The first-order chi connectivity index (χ1) is 8.03. The molecule has 0 fully saturated rings. The van der Waals surface area contributed by atoms with Crippen molar-refractivity contribution in [1.29, 1.82) is 0 Å². The van der Waals surface area contributed by atoms with Crippen LogP contribution in [0, 0.1) is 0 Å². The van der Waals surface area contributed by atoms with Crippen LogP contribution >= 0.6 is 0 Å². The van der Waals surface area contributed by atoms with E-state index in [9.17, 15) is 9.90 Å². The zero-order valence-electron chi connectivity index (χ0n) is 10.4. The Morgan fingerprint density at radius 2 is 1.59 bits per heavy atom. The Balaban J connectivity index is 2.98. The Morgan fingerprint density at radius 1 is 1.12 bits per heavy atom. The number of aromatic carboxylic acids is 1. The molecule has 0 bridgehead atoms. The van der Waals surface area contributed by atoms with Crippen molar-refractivity contribution in [3.05, 3.63) is 35.4 Å². The van der Waals surface area contributed by atoms with E-state index < -0.39 is 11.6 Å². The number of carbonyl (C=O) groups is 1. The van der Waals surface area contributed by atoms with Crippen LogP contribution < -0.4 is 0 Å². The average molecular weight is 236 g/mol. The van der Waals surface area contributed by atoms with Crippen LogP contribution in [0.3, 0.4) is 0 Å². The Bertz CT molecular complexity index is 362. The maximum absolute atomic E-state index is 10.8. The van der Waals surface area contributed by atoms with Gasteiger partial charge in [0, 0.05) is 0 Å². The maximum Gasteiger partial charge on any atom is 0.335 e. The molecule has 3 nitrogen and oxygen atoms in total. The van der Waals surface area contributed by atoms with Crippen LogP contribution in [0.2, 0.25) is 0 Å². The number of hydrogen-bond acceptors (Lipinski definition) is 2. The van der Waals surface area contributed by atoms with E-state index in [0.29, 0.717) is 12.8 Å². The summed E-state index contributed by atoms with van der Waals surface area (Å²) in [5.41, 5.74) is 0.246. The molecule has 0 saturated carbocycles. The zero-order valence-corrected chi connectivity index (χ0v) is 10.4. The van der Waals surface area contributed by atoms with E-state index >= 15 is 0 Å². The molecular weight excluding hydrogens is 216 g/mol. The van der Waals surface area contributed by atoms with Gasteiger partial charge < -0.3 is 10.2 Å². The van der Waals surface area contributed by atoms with Crippen molar-refractivity contribution in [3.8, 4) is 0 Å². The van der Waals surface area contributed by atoms with Crippen LogP contribution in [0.15, 0.2) is 24.3 Å². The second-order valence-corrected chi connectivity index (χ2v) is 4.41. The summed E-state index contributed by atoms with van der Waals surface area (Å²) in [6.45, 7) is 4.07. The first-order valence-electron chi connectivity index (χ1n) is 6.09. The summed E-state index contributed by atoms with van der Waals surface area (Å²) < 4.78 is 0. The molecule has 0 heterocycles. The van der Waals surface area contributed by atoms with Crippen molar-refractivity contribution < 1.29 is 15.0 Å². The zero-order chi connectivity index (χ0) is 12.9. The summed E-state index contributed by atoms with van der Waals surface area (Å²) in [4.78, 5) is 10.8. The van der Waals surface area contributed by atoms with Crippen LogP contribution in [-0.4, -0.2) is 16.2 Å². The third kappa shape index (κ3) is 3.30. The highest BCUT2D eigenvalue weighted by molar-refractivity contribution is 5.87. The van der Waals surface area contributed by atoms with Crippen LogP contribution in [0.25, 0.3) is 0 Å². The molecule has 0 unspecified atom stereocenters. The second-order valence-electron chi connectivity index (χ2n) is 4.41. The van der Waals surface area contributed by atoms with Gasteiger partial charge in [-0.2, -0.15) is 0 Å². The predicted octanol–water partition coefficient (Wildman–Crippen LogP) is 3.17. The number of carboxylic acid groups (broad SMARTS) is 1. The molecule has 0 aliphatic rings. The van der Waals surface area contributed by atoms with Crippen LogP contribution in [0.5, 0.6) is 0 Å². The molecular formula is C14H20O3. The van der Waals surface area contributed by atoms with E-state index in [1.165, 1.54) is 0 Å². The lowest BCUT2D eigenvalue weighted by molar-refractivity contribution is 0.0169. The van der Waals surface area contributed by atoms with Crippen molar-refractivity contribution >= 4 is 5.97 Å². The fourth-order valence-electron chi connectivity index (χ4n) is 2.16. The van der Waals surface area contributed by atoms with Gasteiger partial charge in [0.2, 0.25) is 0 Å². The monoisotopic (exact) mass is 236 g/mol. The highest BCUT2D eigenvalue weighted by atomic mass is 16.4. The molecule has 0 aromatic heterocycles. The van der Waals surface area contributed by atoms with Gasteiger partial charge in [-0.3, -0.25) is 0 Å². The minimum absolute atomic E-state index is 0.254. The highest BCUT2D eigenvalue weighted by Crippen LogP contribution is 2.31. The van der Waals surface area contributed by atoms with Crippen molar-refractivity contribution in [2.24, 2.45) is 0 Å². The van der Waals surface area contributed by atoms with Gasteiger partial charge in [-0.25, -0.2) is 4.79 Å². The molecule has 3 heteroatoms. The molecule has 1 aromatic carbocycles. The number of carboxylic acids is 1. The summed E-state index contributed by atoms with van der Waals surface area (Å²) in [7, 11) is 0. The van der Waals surface area contributed by atoms with Crippen LogP contribution in [-0.2, 0) is 5.60 Å². The largest absolute Gasteiger partial charge is 0.478 e. The lowest BCUT2D eigenvalue weighted by Crippen LogP contribution is -2.25. The molecule has 0 radical (unpaired) electrons. The normalized spacial score (nSPS) is 11.5. The maximum atomic E-state index is 10.8. The first-order valence-corrected chi connectivity index (χ1v) is 6.09. The van der Waals surface area contributed by atoms with Crippen LogP contribution in [0.1, 0.15) is 55.5 Å². The predicted molar refractivity (Wildman–Crippen MR) is 67.1 cm³/mol. The van der Waals surface area contributed by atoms with E-state index in [2.05, 4.69) is 0 Å². The van der Waals surface area contributed by atoms with E-state index in [0.717, 1.165) is 18.4 Å². The van der Waals surface area contributed by atoms with Gasteiger partial charge >= 0.3 is 5.97 Å². The molecule has 17 heavy (non-hydrogen) atoms. The van der Waals surface area contributed by atoms with Gasteiger partial charge in [-0.15, -0.1) is 0 Å². The topological polar surface area (TPSA) is 57.5 Å². The van der Waals surface area contributed by atoms with Gasteiger partial charge in [0.15, 0.2) is 0 Å². The van der Waals surface area contributed by atoms with Crippen molar-refractivity contribution in [2.45, 2.75) is 45.1 Å². The van der Waals surface area contributed by atoms with Crippen molar-refractivity contribution in [3.63, 3.8) is 0 Å². The molecule has 0 aliphatic heterocycles. The van der Waals surface area contributed by atoms with Gasteiger partial charge in [0.25, 0.3) is 0 Å². The van der Waals surface area contributed by atoms with Crippen molar-refractivity contribution in [1.82, 2.24) is 0 Å². The average Bonchev–Trinajstić information content (AvgIpc) is 2.30. The first kappa shape index (κ1) is 13.7. The van der Waals surface area contributed by atoms with Crippen molar-refractivity contribution in [2.75, 3.05) is 0 Å². The minimum atomic E-state index is -0.939. The molecule has 0 atom stereocenters. The van der Waals surface area contributed by atoms with E-state index in [1.807, 2.05) is 13.8 Å². The summed E-state index contributed by atoms with van der Waals surface area (Å²) in [6.07, 6.45) is 3.20. The highest BCUT2D eigenvalue weighted by Gasteiger charge is 2.27. The second kappa shape index (κ2) is 5.82. The summed E-state index contributed by atoms with van der Waals surface area (Å²) in [6, 6.07) is 6.53. The lowest BCUT2D eigenvalue weighted by Gasteiger charge is -2.28. The van der Waals surface area contributed by atoms with Crippen LogP contribution in [0.4, 0.5) is 0 Å². The number of rotatable bonds is 6. The minimum Gasteiger partial charge on any atom is -0.478 e. The molecule has 94 valence electrons. The molecule has 0 spiro atoms.